The summed E-state index contributed by atoms with van der Waals surface area (Å²) in [5, 5.41) is 12.1. The lowest BCUT2D eigenvalue weighted by Gasteiger charge is -2.59. The van der Waals surface area contributed by atoms with Gasteiger partial charge in [-0.3, -0.25) is 0 Å². The van der Waals surface area contributed by atoms with Crippen molar-refractivity contribution in [2.75, 3.05) is 13.9 Å². The highest BCUT2D eigenvalue weighted by atomic mass is 28.4. The van der Waals surface area contributed by atoms with Gasteiger partial charge >= 0.3 is 0 Å². The standard InChI is InChI=1S/C31H54O4Si/c1-13-29(10)18-26(32)30(11)23(8)14-16-31(24(9)28(29)34-19-33-12)17-15-25(27(30)31)35-36(20(2)3,21(4)5)22(6)7/h13,20-23,26,28,32H,1,9,14-19H2,2-8,10-12H3/t23?,26-,28?,29?,30?,31?/m1/s1. The molecule has 2 saturated carbocycles. The van der Waals surface area contributed by atoms with Crippen LogP contribution >= 0.6 is 0 Å². The molecule has 0 amide bonds. The van der Waals surface area contributed by atoms with Crippen molar-refractivity contribution in [3.05, 3.63) is 36.1 Å². The van der Waals surface area contributed by atoms with E-state index in [9.17, 15) is 5.11 Å². The molecule has 206 valence electrons. The van der Waals surface area contributed by atoms with Gasteiger partial charge in [-0.15, -0.1) is 6.58 Å². The van der Waals surface area contributed by atoms with Crippen LogP contribution < -0.4 is 0 Å². The van der Waals surface area contributed by atoms with Crippen LogP contribution in [0.25, 0.3) is 0 Å². The fraction of sp³-hybridized carbons (Fsp3) is 0.806. The second-order valence-corrected chi connectivity index (χ2v) is 18.8. The summed E-state index contributed by atoms with van der Waals surface area (Å²) in [5.41, 5.74) is 2.89. The lowest BCUT2D eigenvalue weighted by atomic mass is 9.47. The van der Waals surface area contributed by atoms with Gasteiger partial charge in [0.2, 0.25) is 0 Å². The summed E-state index contributed by atoms with van der Waals surface area (Å²) in [4.78, 5) is 0. The second kappa shape index (κ2) is 10.4. The molecule has 0 aromatic heterocycles. The second-order valence-electron chi connectivity index (χ2n) is 13.4. The molecule has 6 atom stereocenters. The number of rotatable bonds is 9. The largest absolute Gasteiger partial charge is 0.546 e. The van der Waals surface area contributed by atoms with E-state index < -0.39 is 19.8 Å². The highest BCUT2D eigenvalue weighted by Gasteiger charge is 2.63. The van der Waals surface area contributed by atoms with E-state index in [0.29, 0.717) is 29.0 Å². The van der Waals surface area contributed by atoms with Crippen molar-refractivity contribution < 1.29 is 19.0 Å². The van der Waals surface area contributed by atoms with Gasteiger partial charge in [0.15, 0.2) is 0 Å². The minimum Gasteiger partial charge on any atom is -0.546 e. The molecular formula is C31H54O4Si. The van der Waals surface area contributed by atoms with Gasteiger partial charge in [-0.2, -0.15) is 0 Å². The minimum atomic E-state index is -2.16. The van der Waals surface area contributed by atoms with Crippen LogP contribution in [0.3, 0.4) is 0 Å². The Morgan fingerprint density at radius 1 is 1.08 bits per heavy atom. The molecule has 3 aliphatic carbocycles. The smallest absolute Gasteiger partial charge is 0.258 e. The Hall–Kier alpha value is -0.883. The Morgan fingerprint density at radius 3 is 2.17 bits per heavy atom. The summed E-state index contributed by atoms with van der Waals surface area (Å²) in [6.07, 6.45) is 5.70. The molecule has 0 radical (unpaired) electrons. The minimum absolute atomic E-state index is 0.194. The van der Waals surface area contributed by atoms with Crippen LogP contribution in [-0.4, -0.2) is 39.5 Å². The predicted molar refractivity (Wildman–Crippen MR) is 152 cm³/mol. The van der Waals surface area contributed by atoms with E-state index in [-0.39, 0.29) is 23.7 Å². The maximum Gasteiger partial charge on any atom is 0.258 e. The van der Waals surface area contributed by atoms with E-state index in [4.69, 9.17) is 20.5 Å². The van der Waals surface area contributed by atoms with Gasteiger partial charge in [-0.1, -0.05) is 75.0 Å². The Kier molecular flexibility index (Phi) is 8.53. The predicted octanol–water partition coefficient (Wildman–Crippen LogP) is 8.15. The van der Waals surface area contributed by atoms with Crippen molar-refractivity contribution in [1.29, 1.82) is 0 Å². The molecule has 3 aliphatic rings. The Labute approximate surface area is 222 Å². The normalized spacial score (nSPS) is 37.4. The average molecular weight is 519 g/mol. The first-order valence-electron chi connectivity index (χ1n) is 14.2. The van der Waals surface area contributed by atoms with Gasteiger partial charge in [0.1, 0.15) is 6.79 Å². The summed E-state index contributed by atoms with van der Waals surface area (Å²) in [7, 11) is -0.501. The Morgan fingerprint density at radius 2 is 1.67 bits per heavy atom. The van der Waals surface area contributed by atoms with Crippen LogP contribution in [0, 0.1) is 22.2 Å². The molecule has 3 rings (SSSR count). The van der Waals surface area contributed by atoms with E-state index in [1.54, 1.807) is 7.11 Å². The maximum absolute atomic E-state index is 12.1. The molecule has 0 aliphatic heterocycles. The monoisotopic (exact) mass is 518 g/mol. The van der Waals surface area contributed by atoms with Gasteiger partial charge in [-0.05, 0) is 59.4 Å². The van der Waals surface area contributed by atoms with E-state index in [2.05, 4.69) is 68.9 Å². The van der Waals surface area contributed by atoms with Crippen molar-refractivity contribution >= 4 is 8.32 Å². The van der Waals surface area contributed by atoms with Gasteiger partial charge in [0.05, 0.1) is 18.0 Å². The van der Waals surface area contributed by atoms with Crippen LogP contribution in [0.4, 0.5) is 0 Å². The molecule has 1 N–H and O–H groups in total. The van der Waals surface area contributed by atoms with Crippen LogP contribution in [0.5, 0.6) is 0 Å². The zero-order valence-electron chi connectivity index (χ0n) is 24.9. The van der Waals surface area contributed by atoms with Gasteiger partial charge in [-0.25, -0.2) is 0 Å². The number of aliphatic hydroxyl groups excluding tert-OH is 1. The molecule has 0 aromatic rings. The van der Waals surface area contributed by atoms with Crippen molar-refractivity contribution in [3.8, 4) is 0 Å². The summed E-state index contributed by atoms with van der Waals surface area (Å²) < 4.78 is 19.2. The third-order valence-electron chi connectivity index (χ3n) is 10.8. The van der Waals surface area contributed by atoms with E-state index in [1.807, 2.05) is 6.08 Å². The summed E-state index contributed by atoms with van der Waals surface area (Å²) in [6.45, 7) is 30.0. The molecule has 5 heteroatoms. The third-order valence-corrected chi connectivity index (χ3v) is 16.8. The van der Waals surface area contributed by atoms with Gasteiger partial charge < -0.3 is 19.0 Å². The molecule has 0 spiro atoms. The first-order valence-corrected chi connectivity index (χ1v) is 16.4. The first kappa shape index (κ1) is 29.7. The van der Waals surface area contributed by atoms with E-state index in [0.717, 1.165) is 31.3 Å². The molecule has 0 saturated heterocycles. The number of allylic oxidation sites excluding steroid dienone is 1. The zero-order chi connectivity index (χ0) is 27.3. The lowest BCUT2D eigenvalue weighted by Crippen LogP contribution is -2.56. The third kappa shape index (κ3) is 4.21. The molecule has 2 fully saturated rings. The topological polar surface area (TPSA) is 47.9 Å². The number of methoxy groups -OCH3 is 1. The van der Waals surface area contributed by atoms with Crippen molar-refractivity contribution in [2.24, 2.45) is 22.2 Å². The fourth-order valence-corrected chi connectivity index (χ4v) is 13.9. The van der Waals surface area contributed by atoms with Gasteiger partial charge in [0.25, 0.3) is 8.32 Å². The number of hydrogen-bond acceptors (Lipinski definition) is 4. The van der Waals surface area contributed by atoms with Crippen LogP contribution in [-0.2, 0) is 13.9 Å². The Bertz CT molecular complexity index is 854. The van der Waals surface area contributed by atoms with Crippen LogP contribution in [0.15, 0.2) is 36.1 Å². The molecule has 5 unspecified atom stereocenters. The molecule has 4 nitrogen and oxygen atoms in total. The van der Waals surface area contributed by atoms with Gasteiger partial charge in [0, 0.05) is 29.8 Å². The number of aliphatic hydroxyl groups is 1. The quantitative estimate of drug-likeness (QED) is 0.190. The fourth-order valence-electron chi connectivity index (χ4n) is 8.57. The van der Waals surface area contributed by atoms with Crippen molar-refractivity contribution in [3.63, 3.8) is 0 Å². The highest BCUT2D eigenvalue weighted by molar-refractivity contribution is 6.77. The van der Waals surface area contributed by atoms with Crippen molar-refractivity contribution in [2.45, 2.75) is 123 Å². The molecular weight excluding hydrogens is 464 g/mol. The van der Waals surface area contributed by atoms with E-state index >= 15 is 0 Å². The maximum atomic E-state index is 12.1. The Balaban J connectivity index is 2.30. The van der Waals surface area contributed by atoms with Crippen LogP contribution in [0.1, 0.15) is 94.4 Å². The summed E-state index contributed by atoms with van der Waals surface area (Å²) in [6, 6.07) is 0. The SMILES string of the molecule is C=CC1(C)C[C@@H](O)C2(C)C3=C(O[Si](C(C)C)(C(C)C)C(C)C)CCC3(CCC2C)C(=C)C1OCOC. The van der Waals surface area contributed by atoms with Crippen LogP contribution in [0.2, 0.25) is 16.6 Å². The molecule has 0 heterocycles. The van der Waals surface area contributed by atoms with Crippen molar-refractivity contribution in [1.82, 2.24) is 0 Å². The summed E-state index contributed by atoms with van der Waals surface area (Å²) >= 11 is 0. The average Bonchev–Trinajstić information content (AvgIpc) is 3.18. The number of hydrogen-bond donors (Lipinski definition) is 1. The molecule has 36 heavy (non-hydrogen) atoms. The molecule has 0 aromatic carbocycles. The zero-order valence-corrected chi connectivity index (χ0v) is 25.9. The van der Waals surface area contributed by atoms with E-state index in [1.165, 1.54) is 11.3 Å². The first-order chi connectivity index (χ1) is 16.7. The lowest BCUT2D eigenvalue weighted by molar-refractivity contribution is -0.124. The highest BCUT2D eigenvalue weighted by Crippen LogP contribution is 2.68. The summed E-state index contributed by atoms with van der Waals surface area (Å²) in [5.74, 6) is 1.51. The molecule has 2 bridgehead atoms. The number of ether oxygens (including phenoxy) is 2.